The van der Waals surface area contributed by atoms with Crippen molar-refractivity contribution in [3.63, 3.8) is 0 Å². The van der Waals surface area contributed by atoms with Crippen LogP contribution < -0.4 is 13.8 Å². The summed E-state index contributed by atoms with van der Waals surface area (Å²) in [5, 5.41) is 0. The van der Waals surface area contributed by atoms with Crippen LogP contribution in [0.2, 0.25) is 0 Å². The Bertz CT molecular complexity index is 1160. The van der Waals surface area contributed by atoms with Crippen molar-refractivity contribution in [1.82, 2.24) is 0 Å². The van der Waals surface area contributed by atoms with E-state index in [1.165, 1.54) is 39.5 Å². The zero-order chi connectivity index (χ0) is 22.4. The quantitative estimate of drug-likeness (QED) is 0.496. The van der Waals surface area contributed by atoms with E-state index in [0.29, 0.717) is 17.0 Å². The van der Waals surface area contributed by atoms with Crippen LogP contribution in [-0.4, -0.2) is 42.3 Å². The van der Waals surface area contributed by atoms with Crippen LogP contribution in [0.5, 0.6) is 11.5 Å². The molecule has 8 heteroatoms. The predicted octanol–water partition coefficient (Wildman–Crippen LogP) is 3.74. The van der Waals surface area contributed by atoms with Crippen LogP contribution in [-0.2, 0) is 19.6 Å². The number of nitrogens with zero attached hydrogens (tertiary/aromatic N) is 1. The summed E-state index contributed by atoms with van der Waals surface area (Å²) in [7, 11) is -0.0497. The highest BCUT2D eigenvalue weighted by Gasteiger charge is 2.30. The lowest BCUT2D eigenvalue weighted by Crippen LogP contribution is -2.36. The highest BCUT2D eigenvalue weighted by atomic mass is 32.2. The van der Waals surface area contributed by atoms with Crippen LogP contribution in [0.15, 0.2) is 77.7 Å². The largest absolute Gasteiger partial charge is 0.493 e. The van der Waals surface area contributed by atoms with Gasteiger partial charge in [0, 0.05) is 11.6 Å². The number of sulfonamides is 1. The van der Waals surface area contributed by atoms with E-state index in [4.69, 9.17) is 14.2 Å². The number of hydrogen-bond donors (Lipinski definition) is 0. The summed E-state index contributed by atoms with van der Waals surface area (Å²) < 4.78 is 43.6. The fourth-order valence-corrected chi connectivity index (χ4v) is 4.58. The molecule has 0 amide bonds. The van der Waals surface area contributed by atoms with Gasteiger partial charge in [0.1, 0.15) is 6.54 Å². The molecule has 31 heavy (non-hydrogen) atoms. The lowest BCUT2D eigenvalue weighted by Gasteiger charge is -2.26. The van der Waals surface area contributed by atoms with Crippen LogP contribution in [0, 0.1) is 0 Å². The van der Waals surface area contributed by atoms with Crippen molar-refractivity contribution in [1.29, 1.82) is 0 Å². The number of methoxy groups -OCH3 is 3. The Morgan fingerprint density at radius 2 is 1.48 bits per heavy atom. The Morgan fingerprint density at radius 1 is 0.839 bits per heavy atom. The minimum absolute atomic E-state index is 0.0445. The summed E-state index contributed by atoms with van der Waals surface area (Å²) in [5.41, 5.74) is 1.83. The monoisotopic (exact) mass is 441 g/mol. The molecule has 3 aromatic rings. The van der Waals surface area contributed by atoms with Gasteiger partial charge in [0.25, 0.3) is 10.0 Å². The molecular formula is C23H23NO6S. The summed E-state index contributed by atoms with van der Waals surface area (Å²) >= 11 is 0. The fourth-order valence-electron chi connectivity index (χ4n) is 3.14. The van der Waals surface area contributed by atoms with Gasteiger partial charge in [0.2, 0.25) is 0 Å². The van der Waals surface area contributed by atoms with Crippen molar-refractivity contribution < 1.29 is 27.4 Å². The molecule has 0 bridgehead atoms. The molecule has 0 unspecified atom stereocenters. The third-order valence-electron chi connectivity index (χ3n) is 4.70. The summed E-state index contributed by atoms with van der Waals surface area (Å²) in [4.78, 5) is 12.1. The first-order valence-electron chi connectivity index (χ1n) is 9.38. The Hall–Kier alpha value is -3.52. The van der Waals surface area contributed by atoms with Crippen molar-refractivity contribution in [3.05, 3.63) is 72.8 Å². The van der Waals surface area contributed by atoms with Crippen LogP contribution in [0.3, 0.4) is 0 Å². The molecule has 0 N–H and O–H groups in total. The van der Waals surface area contributed by atoms with Crippen LogP contribution in [0.25, 0.3) is 11.1 Å². The molecule has 3 rings (SSSR count). The van der Waals surface area contributed by atoms with Crippen LogP contribution >= 0.6 is 0 Å². The molecule has 0 spiro atoms. The van der Waals surface area contributed by atoms with Gasteiger partial charge in [0.05, 0.1) is 31.9 Å². The Balaban J connectivity index is 2.19. The maximum Gasteiger partial charge on any atom is 0.326 e. The number of rotatable bonds is 8. The van der Waals surface area contributed by atoms with E-state index in [9.17, 15) is 13.2 Å². The Kier molecular flexibility index (Phi) is 6.81. The number of ether oxygens (including phenoxy) is 3. The smallest absolute Gasteiger partial charge is 0.326 e. The maximum absolute atomic E-state index is 13.7. The average Bonchev–Trinajstić information content (AvgIpc) is 2.82. The molecule has 0 fully saturated rings. The van der Waals surface area contributed by atoms with Gasteiger partial charge in [-0.05, 0) is 23.8 Å². The molecule has 0 atom stereocenters. The van der Waals surface area contributed by atoms with Crippen molar-refractivity contribution in [2.24, 2.45) is 0 Å². The molecular weight excluding hydrogens is 418 g/mol. The predicted molar refractivity (Wildman–Crippen MR) is 118 cm³/mol. The molecule has 0 saturated carbocycles. The van der Waals surface area contributed by atoms with E-state index in [2.05, 4.69) is 0 Å². The topological polar surface area (TPSA) is 82.1 Å². The van der Waals surface area contributed by atoms with Crippen molar-refractivity contribution in [3.8, 4) is 22.6 Å². The zero-order valence-corrected chi connectivity index (χ0v) is 18.3. The first-order valence-corrected chi connectivity index (χ1v) is 10.8. The Morgan fingerprint density at radius 3 is 2.13 bits per heavy atom. The second kappa shape index (κ2) is 9.53. The van der Waals surface area contributed by atoms with E-state index in [1.807, 2.05) is 36.4 Å². The number of para-hydroxylation sites is 1. The zero-order valence-electron chi connectivity index (χ0n) is 17.4. The van der Waals surface area contributed by atoms with Gasteiger partial charge < -0.3 is 14.2 Å². The van der Waals surface area contributed by atoms with Crippen molar-refractivity contribution >= 4 is 21.7 Å². The highest BCUT2D eigenvalue weighted by molar-refractivity contribution is 7.92. The number of hydrogen-bond acceptors (Lipinski definition) is 6. The number of benzene rings is 3. The minimum atomic E-state index is -4.15. The number of esters is 1. The lowest BCUT2D eigenvalue weighted by molar-refractivity contribution is -0.138. The van der Waals surface area contributed by atoms with Crippen LogP contribution in [0.4, 0.5) is 5.69 Å². The third kappa shape index (κ3) is 4.64. The van der Waals surface area contributed by atoms with Gasteiger partial charge >= 0.3 is 5.97 Å². The minimum Gasteiger partial charge on any atom is -0.493 e. The highest BCUT2D eigenvalue weighted by Crippen LogP contribution is 2.36. The van der Waals surface area contributed by atoms with E-state index in [1.54, 1.807) is 18.2 Å². The van der Waals surface area contributed by atoms with Gasteiger partial charge in [-0.15, -0.1) is 0 Å². The summed E-state index contributed by atoms with van der Waals surface area (Å²) in [6.45, 7) is -0.489. The standard InChI is InChI=1S/C23H23NO6S/c1-28-21-14-13-18(15-22(21)29-2)31(26,27)24(16-23(25)30-3)20-12-8-7-11-19(20)17-9-5-4-6-10-17/h4-15H,16H2,1-3H3. The average molecular weight is 442 g/mol. The molecule has 7 nitrogen and oxygen atoms in total. The van der Waals surface area contributed by atoms with Gasteiger partial charge in [-0.3, -0.25) is 9.10 Å². The number of anilines is 1. The molecule has 0 heterocycles. The second-order valence-electron chi connectivity index (χ2n) is 6.49. The molecule has 0 aromatic heterocycles. The fraction of sp³-hybridized carbons (Fsp3) is 0.174. The molecule has 0 saturated heterocycles. The number of carbonyl (C=O) groups excluding carboxylic acids is 1. The first kappa shape index (κ1) is 22.2. The maximum atomic E-state index is 13.7. The number of carbonyl (C=O) groups is 1. The third-order valence-corrected chi connectivity index (χ3v) is 6.46. The summed E-state index contributed by atoms with van der Waals surface area (Å²) in [6, 6.07) is 20.6. The molecule has 0 radical (unpaired) electrons. The van der Waals surface area contributed by atoms with Crippen LogP contribution in [0.1, 0.15) is 0 Å². The first-order chi connectivity index (χ1) is 14.9. The van der Waals surface area contributed by atoms with E-state index < -0.39 is 22.5 Å². The molecule has 0 aliphatic heterocycles. The Labute approximate surface area is 181 Å². The van der Waals surface area contributed by atoms with E-state index in [-0.39, 0.29) is 10.6 Å². The molecule has 3 aromatic carbocycles. The van der Waals surface area contributed by atoms with Gasteiger partial charge in [-0.1, -0.05) is 48.5 Å². The van der Waals surface area contributed by atoms with E-state index in [0.717, 1.165) is 9.87 Å². The summed E-state index contributed by atoms with van der Waals surface area (Å²) in [5.74, 6) is -0.0319. The van der Waals surface area contributed by atoms with Gasteiger partial charge in [0.15, 0.2) is 11.5 Å². The van der Waals surface area contributed by atoms with Crippen molar-refractivity contribution in [2.75, 3.05) is 32.2 Å². The van der Waals surface area contributed by atoms with Gasteiger partial charge in [-0.2, -0.15) is 0 Å². The molecule has 0 aliphatic rings. The normalized spacial score (nSPS) is 10.9. The van der Waals surface area contributed by atoms with E-state index >= 15 is 0 Å². The van der Waals surface area contributed by atoms with Gasteiger partial charge in [-0.25, -0.2) is 8.42 Å². The lowest BCUT2D eigenvalue weighted by atomic mass is 10.0. The molecule has 0 aliphatic carbocycles. The molecule has 162 valence electrons. The second-order valence-corrected chi connectivity index (χ2v) is 8.35. The SMILES string of the molecule is COC(=O)CN(c1ccccc1-c1ccccc1)S(=O)(=O)c1ccc(OC)c(OC)c1. The summed E-state index contributed by atoms with van der Waals surface area (Å²) in [6.07, 6.45) is 0. The van der Waals surface area contributed by atoms with Crippen molar-refractivity contribution in [2.45, 2.75) is 4.90 Å².